The smallest absolute Gasteiger partial charge is 0.235 e. The molecule has 2 heterocycles. The summed E-state index contributed by atoms with van der Waals surface area (Å²) in [7, 11) is 0. The van der Waals surface area contributed by atoms with E-state index in [1.807, 2.05) is 30.3 Å². The lowest BCUT2D eigenvalue weighted by Gasteiger charge is -2.21. The molecule has 0 atom stereocenters. The van der Waals surface area contributed by atoms with Crippen molar-refractivity contribution >= 4 is 22.5 Å². The van der Waals surface area contributed by atoms with Gasteiger partial charge in [0.1, 0.15) is 0 Å². The molecule has 5 heteroatoms. The van der Waals surface area contributed by atoms with Gasteiger partial charge in [-0.05, 0) is 54.8 Å². The first-order valence-electron chi connectivity index (χ1n) is 10.8. The van der Waals surface area contributed by atoms with E-state index in [2.05, 4.69) is 55.4 Å². The zero-order chi connectivity index (χ0) is 21.8. The van der Waals surface area contributed by atoms with Crippen molar-refractivity contribution in [3.05, 3.63) is 66.4 Å². The number of amides is 1. The summed E-state index contributed by atoms with van der Waals surface area (Å²) < 4.78 is 13.2. The minimum absolute atomic E-state index is 0.0167. The summed E-state index contributed by atoms with van der Waals surface area (Å²) >= 11 is 0. The molecular formula is C26H28N2O3. The van der Waals surface area contributed by atoms with E-state index in [0.29, 0.717) is 0 Å². The van der Waals surface area contributed by atoms with E-state index in [1.165, 1.54) is 5.69 Å². The van der Waals surface area contributed by atoms with Crippen molar-refractivity contribution in [2.45, 2.75) is 51.0 Å². The Labute approximate surface area is 182 Å². The lowest BCUT2D eigenvalue weighted by molar-refractivity contribution is -0.118. The predicted octanol–water partition coefficient (Wildman–Crippen LogP) is 5.52. The standard InChI is InChI=1S/C26H28N2O3/c1-5-12-28-20-8-7-19(13-17(20)14-23(28)25(2,3)4)27-24(29)26(10-11-26)18-6-9-21-22(15-18)31-16-30-21/h5-9,13-15H,1,10-12,16H2,2-4H3,(H,27,29). The van der Waals surface area contributed by atoms with Gasteiger partial charge in [0.2, 0.25) is 12.7 Å². The molecule has 1 amide bonds. The average Bonchev–Trinajstić information content (AvgIpc) is 3.27. The van der Waals surface area contributed by atoms with Gasteiger partial charge in [0.15, 0.2) is 11.5 Å². The van der Waals surface area contributed by atoms with Crippen molar-refractivity contribution < 1.29 is 14.3 Å². The molecule has 1 fully saturated rings. The van der Waals surface area contributed by atoms with Gasteiger partial charge in [-0.1, -0.05) is 32.9 Å². The highest BCUT2D eigenvalue weighted by molar-refractivity contribution is 6.02. The van der Waals surface area contributed by atoms with Crippen LogP contribution < -0.4 is 14.8 Å². The van der Waals surface area contributed by atoms with Crippen LogP contribution in [-0.2, 0) is 22.2 Å². The molecule has 2 aliphatic rings. The van der Waals surface area contributed by atoms with Gasteiger partial charge >= 0.3 is 0 Å². The highest BCUT2D eigenvalue weighted by Gasteiger charge is 2.51. The Hall–Kier alpha value is -3.21. The van der Waals surface area contributed by atoms with Crippen LogP contribution in [0.3, 0.4) is 0 Å². The molecule has 2 aromatic carbocycles. The third-order valence-corrected chi connectivity index (χ3v) is 6.35. The number of fused-ring (bicyclic) bond motifs is 2. The van der Waals surface area contributed by atoms with E-state index in [-0.39, 0.29) is 18.1 Å². The van der Waals surface area contributed by atoms with Crippen molar-refractivity contribution in [3.63, 3.8) is 0 Å². The number of nitrogens with one attached hydrogen (secondary N) is 1. The molecule has 5 nitrogen and oxygen atoms in total. The predicted molar refractivity (Wildman–Crippen MR) is 123 cm³/mol. The van der Waals surface area contributed by atoms with Gasteiger partial charge in [0.25, 0.3) is 0 Å². The lowest BCUT2D eigenvalue weighted by Crippen LogP contribution is -2.27. The number of hydrogen-bond donors (Lipinski definition) is 1. The third-order valence-electron chi connectivity index (χ3n) is 6.35. The van der Waals surface area contributed by atoms with Gasteiger partial charge in [-0.3, -0.25) is 4.79 Å². The third kappa shape index (κ3) is 3.29. The second kappa shape index (κ2) is 6.91. The quantitative estimate of drug-likeness (QED) is 0.557. The molecule has 0 bridgehead atoms. The Morgan fingerprint density at radius 1 is 1.13 bits per heavy atom. The highest BCUT2D eigenvalue weighted by atomic mass is 16.7. The van der Waals surface area contributed by atoms with Crippen LogP contribution in [0.5, 0.6) is 11.5 Å². The van der Waals surface area contributed by atoms with E-state index >= 15 is 0 Å². The van der Waals surface area contributed by atoms with Gasteiger partial charge in [-0.25, -0.2) is 0 Å². The largest absolute Gasteiger partial charge is 0.454 e. The lowest BCUT2D eigenvalue weighted by atomic mass is 9.92. The SMILES string of the molecule is C=CCn1c(C(C)(C)C)cc2cc(NC(=O)C3(c4ccc5c(c4)OCO5)CC3)ccc21. The van der Waals surface area contributed by atoms with E-state index in [9.17, 15) is 4.79 Å². The van der Waals surface area contributed by atoms with E-state index in [0.717, 1.165) is 53.0 Å². The maximum atomic E-state index is 13.3. The van der Waals surface area contributed by atoms with Crippen LogP contribution in [0.25, 0.3) is 10.9 Å². The topological polar surface area (TPSA) is 52.5 Å². The maximum absolute atomic E-state index is 13.3. The van der Waals surface area contributed by atoms with Gasteiger partial charge < -0.3 is 19.4 Å². The Kier molecular flexibility index (Phi) is 4.40. The molecule has 1 aliphatic carbocycles. The molecule has 1 aromatic heterocycles. The number of allylic oxidation sites excluding steroid dienone is 1. The van der Waals surface area contributed by atoms with Crippen LogP contribution in [0.2, 0.25) is 0 Å². The number of benzene rings is 2. The molecule has 31 heavy (non-hydrogen) atoms. The molecule has 1 aliphatic heterocycles. The molecule has 0 saturated heterocycles. The summed E-state index contributed by atoms with van der Waals surface area (Å²) in [6, 6.07) is 14.2. The summed E-state index contributed by atoms with van der Waals surface area (Å²) in [6.45, 7) is 11.5. The van der Waals surface area contributed by atoms with Gasteiger partial charge in [-0.15, -0.1) is 6.58 Å². The minimum Gasteiger partial charge on any atom is -0.454 e. The first-order valence-corrected chi connectivity index (χ1v) is 10.8. The number of anilines is 1. The summed E-state index contributed by atoms with van der Waals surface area (Å²) in [5.74, 6) is 1.49. The van der Waals surface area contributed by atoms with Crippen LogP contribution in [-0.4, -0.2) is 17.3 Å². The average molecular weight is 417 g/mol. The van der Waals surface area contributed by atoms with E-state index in [4.69, 9.17) is 9.47 Å². The van der Waals surface area contributed by atoms with Crippen LogP contribution in [0, 0.1) is 0 Å². The Bertz CT molecular complexity index is 1200. The molecule has 1 saturated carbocycles. The number of rotatable bonds is 5. The molecule has 160 valence electrons. The summed E-state index contributed by atoms with van der Waals surface area (Å²) in [4.78, 5) is 13.3. The number of aromatic nitrogens is 1. The van der Waals surface area contributed by atoms with Crippen LogP contribution in [0.1, 0.15) is 44.9 Å². The molecule has 1 N–H and O–H groups in total. The second-order valence-electron chi connectivity index (χ2n) is 9.56. The van der Waals surface area contributed by atoms with Crippen LogP contribution >= 0.6 is 0 Å². The van der Waals surface area contributed by atoms with Gasteiger partial charge in [0, 0.05) is 34.2 Å². The number of nitrogens with zero attached hydrogens (tertiary/aromatic N) is 1. The molecule has 0 unspecified atom stereocenters. The fraction of sp³-hybridized carbons (Fsp3) is 0.346. The Balaban J connectivity index is 1.44. The summed E-state index contributed by atoms with van der Waals surface area (Å²) in [6.07, 6.45) is 3.60. The molecule has 0 spiro atoms. The summed E-state index contributed by atoms with van der Waals surface area (Å²) in [5.41, 5.74) is 3.75. The fourth-order valence-corrected chi connectivity index (χ4v) is 4.51. The fourth-order valence-electron chi connectivity index (χ4n) is 4.51. The first-order chi connectivity index (χ1) is 14.8. The normalized spacial score (nSPS) is 16.4. The molecule has 0 radical (unpaired) electrons. The zero-order valence-corrected chi connectivity index (χ0v) is 18.3. The minimum atomic E-state index is -0.485. The Morgan fingerprint density at radius 2 is 1.90 bits per heavy atom. The van der Waals surface area contributed by atoms with Crippen molar-refractivity contribution in [1.82, 2.24) is 4.57 Å². The highest BCUT2D eigenvalue weighted by Crippen LogP contribution is 2.51. The first kappa shape index (κ1) is 19.7. The van der Waals surface area contributed by atoms with Crippen molar-refractivity contribution in [3.8, 4) is 11.5 Å². The van der Waals surface area contributed by atoms with Gasteiger partial charge in [-0.2, -0.15) is 0 Å². The molecule has 3 aromatic rings. The van der Waals surface area contributed by atoms with Crippen molar-refractivity contribution in [1.29, 1.82) is 0 Å². The number of ether oxygens (including phenoxy) is 2. The van der Waals surface area contributed by atoms with Gasteiger partial charge in [0.05, 0.1) is 5.41 Å². The molecule has 5 rings (SSSR count). The van der Waals surface area contributed by atoms with E-state index in [1.54, 1.807) is 0 Å². The zero-order valence-electron chi connectivity index (χ0n) is 18.3. The number of carbonyl (C=O) groups excluding carboxylic acids is 1. The maximum Gasteiger partial charge on any atom is 0.235 e. The van der Waals surface area contributed by atoms with Crippen molar-refractivity contribution in [2.75, 3.05) is 12.1 Å². The van der Waals surface area contributed by atoms with Crippen LogP contribution in [0.15, 0.2) is 55.1 Å². The van der Waals surface area contributed by atoms with Crippen LogP contribution in [0.4, 0.5) is 5.69 Å². The van der Waals surface area contributed by atoms with Crippen molar-refractivity contribution in [2.24, 2.45) is 0 Å². The second-order valence-corrected chi connectivity index (χ2v) is 9.56. The number of carbonyl (C=O) groups is 1. The Morgan fingerprint density at radius 3 is 2.61 bits per heavy atom. The summed E-state index contributed by atoms with van der Waals surface area (Å²) in [5, 5.41) is 4.28. The monoisotopic (exact) mass is 416 g/mol. The molecular weight excluding hydrogens is 388 g/mol. The van der Waals surface area contributed by atoms with E-state index < -0.39 is 5.41 Å². The number of hydrogen-bond acceptors (Lipinski definition) is 3.